The Balaban J connectivity index is 1.07. The van der Waals surface area contributed by atoms with E-state index >= 15 is 0 Å². The van der Waals surface area contributed by atoms with Crippen molar-refractivity contribution < 1.29 is 28.9 Å². The molecule has 0 bridgehead atoms. The number of esters is 1. The molecule has 8 nitrogen and oxygen atoms in total. The summed E-state index contributed by atoms with van der Waals surface area (Å²) in [5, 5.41) is 16.9. The van der Waals surface area contributed by atoms with Gasteiger partial charge in [0.2, 0.25) is 0 Å². The van der Waals surface area contributed by atoms with Crippen LogP contribution in [0.15, 0.2) is 103 Å². The number of ether oxygens (including phenoxy) is 3. The molecule has 0 radical (unpaired) electrons. The van der Waals surface area contributed by atoms with E-state index in [1.165, 1.54) is 18.2 Å². The zero-order valence-electron chi connectivity index (χ0n) is 27.2. The zero-order valence-corrected chi connectivity index (χ0v) is 27.2. The van der Waals surface area contributed by atoms with Gasteiger partial charge in [-0.1, -0.05) is 91.0 Å². The van der Waals surface area contributed by atoms with Gasteiger partial charge in [0, 0.05) is 13.1 Å². The number of hydrogen-bond acceptors (Lipinski definition) is 7. The van der Waals surface area contributed by atoms with Gasteiger partial charge in [-0.25, -0.2) is 9.59 Å². The predicted octanol–water partition coefficient (Wildman–Crippen LogP) is 6.95. The van der Waals surface area contributed by atoms with Crippen molar-refractivity contribution >= 4 is 12.1 Å². The topological polar surface area (TPSA) is 106 Å². The third-order valence-corrected chi connectivity index (χ3v) is 7.83. The number of hydrogen-bond donors (Lipinski definition) is 3. The minimum atomic E-state index is -0.765. The Hall–Kier alpha value is -4.66. The van der Waals surface area contributed by atoms with Crippen LogP contribution >= 0.6 is 0 Å². The Morgan fingerprint density at radius 2 is 1.30 bits per heavy atom. The highest BCUT2D eigenvalue weighted by molar-refractivity contribution is 5.92. The van der Waals surface area contributed by atoms with Gasteiger partial charge in [-0.2, -0.15) is 0 Å². The number of aliphatic hydroxyl groups is 1. The van der Waals surface area contributed by atoms with Gasteiger partial charge < -0.3 is 30.0 Å². The smallest absolute Gasteiger partial charge is 0.407 e. The molecule has 4 aromatic carbocycles. The van der Waals surface area contributed by atoms with Crippen molar-refractivity contribution in [3.63, 3.8) is 0 Å². The highest BCUT2D eigenvalue weighted by Crippen LogP contribution is 2.25. The maximum atomic E-state index is 12.4. The van der Waals surface area contributed by atoms with E-state index in [0.29, 0.717) is 36.6 Å². The van der Waals surface area contributed by atoms with Crippen molar-refractivity contribution in [1.82, 2.24) is 10.6 Å². The average Bonchev–Trinajstić information content (AvgIpc) is 3.12. The van der Waals surface area contributed by atoms with E-state index < -0.39 is 12.1 Å². The standard InChI is InChI=1S/C39H46N2O6/c1-45-38(43)35-26-34(22-23-37(35)46-28-32-14-4-2-5-15-32)36(42)27-40-24-10-8-12-30-18-20-31(21-19-30)13-9-11-25-41-39(44)47-29-33-16-6-3-7-17-33/h2-7,14-23,26,36,40,42H,8-13,24-25,27-29H2,1H3,(H,41,44). The maximum absolute atomic E-state index is 12.4. The van der Waals surface area contributed by atoms with E-state index in [9.17, 15) is 14.7 Å². The van der Waals surface area contributed by atoms with Crippen LogP contribution in [0.5, 0.6) is 5.75 Å². The van der Waals surface area contributed by atoms with Gasteiger partial charge in [-0.15, -0.1) is 0 Å². The largest absolute Gasteiger partial charge is 0.488 e. The number of unbranched alkanes of at least 4 members (excludes halogenated alkanes) is 2. The Bertz CT molecular complexity index is 1500. The Morgan fingerprint density at radius 3 is 1.91 bits per heavy atom. The van der Waals surface area contributed by atoms with Gasteiger partial charge in [0.15, 0.2) is 0 Å². The summed E-state index contributed by atoms with van der Waals surface area (Å²) in [5.74, 6) is -0.0850. The maximum Gasteiger partial charge on any atom is 0.407 e. The summed E-state index contributed by atoms with van der Waals surface area (Å²) in [4.78, 5) is 24.3. The highest BCUT2D eigenvalue weighted by atomic mass is 16.5. The van der Waals surface area contributed by atoms with Crippen molar-refractivity contribution in [3.8, 4) is 5.75 Å². The lowest BCUT2D eigenvalue weighted by molar-refractivity contribution is 0.0595. The monoisotopic (exact) mass is 638 g/mol. The average molecular weight is 639 g/mol. The first kappa shape index (κ1) is 35.2. The van der Waals surface area contributed by atoms with Gasteiger partial charge in [-0.3, -0.25) is 0 Å². The van der Waals surface area contributed by atoms with Crippen LogP contribution in [-0.2, 0) is 35.5 Å². The molecule has 0 aromatic heterocycles. The normalized spacial score (nSPS) is 11.4. The number of alkyl carbamates (subject to hydrolysis) is 1. The summed E-state index contributed by atoms with van der Waals surface area (Å²) < 4.78 is 16.1. The molecular formula is C39H46N2O6. The van der Waals surface area contributed by atoms with Crippen molar-refractivity contribution in [1.29, 1.82) is 0 Å². The van der Waals surface area contributed by atoms with Crippen LogP contribution < -0.4 is 15.4 Å². The van der Waals surface area contributed by atoms with Crippen LogP contribution in [0, 0.1) is 0 Å². The number of rotatable bonds is 19. The van der Waals surface area contributed by atoms with Crippen molar-refractivity contribution in [2.75, 3.05) is 26.7 Å². The molecule has 0 saturated carbocycles. The molecule has 0 saturated heterocycles. The second kappa shape index (κ2) is 19.8. The molecule has 0 aliphatic heterocycles. The summed E-state index contributed by atoms with van der Waals surface area (Å²) in [6, 6.07) is 33.3. The Kier molecular flexibility index (Phi) is 14.8. The quantitative estimate of drug-likeness (QED) is 0.0754. The number of aliphatic hydroxyl groups excluding tert-OH is 1. The van der Waals surface area contributed by atoms with Crippen LogP contribution in [-0.4, -0.2) is 43.9 Å². The number of amides is 1. The van der Waals surface area contributed by atoms with E-state index in [-0.39, 0.29) is 12.7 Å². The molecule has 0 heterocycles. The van der Waals surface area contributed by atoms with Crippen LogP contribution in [0.1, 0.15) is 70.0 Å². The van der Waals surface area contributed by atoms with Gasteiger partial charge >= 0.3 is 12.1 Å². The first-order valence-electron chi connectivity index (χ1n) is 16.3. The number of methoxy groups -OCH3 is 1. The molecule has 47 heavy (non-hydrogen) atoms. The summed E-state index contributed by atoms with van der Waals surface area (Å²) in [5.41, 5.74) is 5.48. The lowest BCUT2D eigenvalue weighted by Crippen LogP contribution is -2.25. The fourth-order valence-corrected chi connectivity index (χ4v) is 5.11. The summed E-state index contributed by atoms with van der Waals surface area (Å²) in [6.45, 7) is 2.37. The molecule has 248 valence electrons. The van der Waals surface area contributed by atoms with Crippen molar-refractivity contribution in [2.45, 2.75) is 57.8 Å². The van der Waals surface area contributed by atoms with E-state index in [1.54, 1.807) is 18.2 Å². The fraction of sp³-hybridized carbons (Fsp3) is 0.333. The van der Waals surface area contributed by atoms with Gasteiger partial charge in [-0.05, 0) is 85.0 Å². The molecule has 8 heteroatoms. The molecule has 0 aliphatic carbocycles. The molecule has 4 rings (SSSR count). The lowest BCUT2D eigenvalue weighted by Gasteiger charge is -2.16. The summed E-state index contributed by atoms with van der Waals surface area (Å²) >= 11 is 0. The van der Waals surface area contributed by atoms with Crippen LogP contribution in [0.4, 0.5) is 4.79 Å². The second-order valence-electron chi connectivity index (χ2n) is 11.5. The second-order valence-corrected chi connectivity index (χ2v) is 11.5. The first-order chi connectivity index (χ1) is 23.0. The fourth-order valence-electron chi connectivity index (χ4n) is 5.11. The predicted molar refractivity (Wildman–Crippen MR) is 183 cm³/mol. The molecule has 1 unspecified atom stereocenters. The van der Waals surface area contributed by atoms with Crippen molar-refractivity contribution in [2.24, 2.45) is 0 Å². The third-order valence-electron chi connectivity index (χ3n) is 7.83. The zero-order chi connectivity index (χ0) is 33.1. The first-order valence-corrected chi connectivity index (χ1v) is 16.3. The molecule has 1 amide bonds. The van der Waals surface area contributed by atoms with Crippen LogP contribution in [0.3, 0.4) is 0 Å². The summed E-state index contributed by atoms with van der Waals surface area (Å²) in [7, 11) is 1.33. The van der Waals surface area contributed by atoms with Crippen LogP contribution in [0.25, 0.3) is 0 Å². The van der Waals surface area contributed by atoms with Crippen LogP contribution in [0.2, 0.25) is 0 Å². The Morgan fingerprint density at radius 1 is 0.702 bits per heavy atom. The molecule has 0 aliphatic rings. The van der Waals surface area contributed by atoms with Gasteiger partial charge in [0.1, 0.15) is 24.5 Å². The SMILES string of the molecule is COC(=O)c1cc(C(O)CNCCCCc2ccc(CCCCNC(=O)OCc3ccccc3)cc2)ccc1OCc1ccccc1. The lowest BCUT2D eigenvalue weighted by atomic mass is 10.0. The van der Waals surface area contributed by atoms with E-state index in [1.807, 2.05) is 60.7 Å². The third kappa shape index (κ3) is 12.6. The van der Waals surface area contributed by atoms with Gasteiger partial charge in [0.05, 0.1) is 13.2 Å². The number of carbonyl (C=O) groups is 2. The van der Waals surface area contributed by atoms with E-state index in [2.05, 4.69) is 34.9 Å². The van der Waals surface area contributed by atoms with E-state index in [0.717, 1.165) is 56.2 Å². The Labute approximate surface area is 278 Å². The van der Waals surface area contributed by atoms with Crippen molar-refractivity contribution in [3.05, 3.63) is 137 Å². The molecular weight excluding hydrogens is 592 g/mol. The van der Waals surface area contributed by atoms with Gasteiger partial charge in [0.25, 0.3) is 0 Å². The number of nitrogens with one attached hydrogen (secondary N) is 2. The minimum absolute atomic E-state index is 0.279. The molecule has 0 spiro atoms. The molecule has 1 atom stereocenters. The number of aryl methyl sites for hydroxylation is 2. The molecule has 0 fully saturated rings. The molecule has 3 N–H and O–H groups in total. The highest BCUT2D eigenvalue weighted by Gasteiger charge is 2.17. The number of carbonyl (C=O) groups excluding carboxylic acids is 2. The number of benzene rings is 4. The minimum Gasteiger partial charge on any atom is -0.488 e. The summed E-state index contributed by atoms with van der Waals surface area (Å²) in [6.07, 6.45) is 4.72. The molecule has 4 aromatic rings. The van der Waals surface area contributed by atoms with E-state index in [4.69, 9.17) is 14.2 Å².